The number of H-pyrrole nitrogens is 1. The van der Waals surface area contributed by atoms with Crippen LogP contribution >= 0.6 is 0 Å². The van der Waals surface area contributed by atoms with Crippen LogP contribution in [0.25, 0.3) is 10.9 Å². The fourth-order valence-electron chi connectivity index (χ4n) is 2.79. The zero-order valence-electron chi connectivity index (χ0n) is 12.4. The summed E-state index contributed by atoms with van der Waals surface area (Å²) in [4.78, 5) is 14.6. The van der Waals surface area contributed by atoms with Crippen molar-refractivity contribution in [1.29, 1.82) is 0 Å². The van der Waals surface area contributed by atoms with Crippen molar-refractivity contribution in [3.63, 3.8) is 0 Å². The average Bonchev–Trinajstić information content (AvgIpc) is 2.96. The second-order valence-electron chi connectivity index (χ2n) is 5.95. The first-order valence-corrected chi connectivity index (χ1v) is 7.66. The van der Waals surface area contributed by atoms with Gasteiger partial charge in [0.1, 0.15) is 0 Å². The number of fused-ring (bicyclic) bond motifs is 1. The molecule has 0 saturated carbocycles. The molecule has 5 heteroatoms. The topological polar surface area (TPSA) is 61.0 Å². The lowest BCUT2D eigenvalue weighted by molar-refractivity contribution is 0.0944. The minimum atomic E-state index is -0.0168. The van der Waals surface area contributed by atoms with Crippen LogP contribution in [0.2, 0.25) is 0 Å². The number of nitrogens with one attached hydrogen (secondary N) is 2. The van der Waals surface area contributed by atoms with E-state index in [0.29, 0.717) is 12.1 Å². The molecular weight excluding hydrogens is 264 g/mol. The van der Waals surface area contributed by atoms with Gasteiger partial charge in [0.2, 0.25) is 0 Å². The van der Waals surface area contributed by atoms with Gasteiger partial charge in [-0.2, -0.15) is 5.10 Å². The molecule has 0 unspecified atom stereocenters. The van der Waals surface area contributed by atoms with Gasteiger partial charge < -0.3 is 10.2 Å². The summed E-state index contributed by atoms with van der Waals surface area (Å²) in [5, 5.41) is 10.9. The maximum Gasteiger partial charge on any atom is 0.251 e. The Bertz CT molecular complexity index is 614. The Morgan fingerprint density at radius 3 is 3.05 bits per heavy atom. The SMILES string of the molecule is CC1CCN(CCNC(=O)c2ccc3cn[nH]c3c2)CC1. The summed E-state index contributed by atoms with van der Waals surface area (Å²) in [7, 11) is 0. The number of rotatable bonds is 4. The molecule has 112 valence electrons. The first kappa shape index (κ1) is 14.1. The van der Waals surface area contributed by atoms with E-state index in [1.807, 2.05) is 18.2 Å². The Hall–Kier alpha value is -1.88. The van der Waals surface area contributed by atoms with Crippen molar-refractivity contribution in [2.24, 2.45) is 5.92 Å². The van der Waals surface area contributed by atoms with Crippen molar-refractivity contribution in [2.75, 3.05) is 26.2 Å². The van der Waals surface area contributed by atoms with Crippen molar-refractivity contribution in [1.82, 2.24) is 20.4 Å². The third-order valence-electron chi connectivity index (χ3n) is 4.29. The molecule has 0 radical (unpaired) electrons. The van der Waals surface area contributed by atoms with Gasteiger partial charge in [-0.3, -0.25) is 9.89 Å². The minimum absolute atomic E-state index is 0.0168. The van der Waals surface area contributed by atoms with Crippen molar-refractivity contribution < 1.29 is 4.79 Å². The molecule has 21 heavy (non-hydrogen) atoms. The van der Waals surface area contributed by atoms with Crippen LogP contribution in [0.15, 0.2) is 24.4 Å². The summed E-state index contributed by atoms with van der Waals surface area (Å²) in [6.07, 6.45) is 4.29. The standard InChI is InChI=1S/C16H22N4O/c1-12-4-7-20(8-5-12)9-6-17-16(21)13-2-3-14-11-18-19-15(14)10-13/h2-3,10-12H,4-9H2,1H3,(H,17,21)(H,18,19). The molecule has 5 nitrogen and oxygen atoms in total. The Labute approximate surface area is 124 Å². The molecule has 1 aromatic heterocycles. The number of likely N-dealkylation sites (tertiary alicyclic amines) is 1. The quantitative estimate of drug-likeness (QED) is 0.904. The summed E-state index contributed by atoms with van der Waals surface area (Å²) < 4.78 is 0. The number of carbonyl (C=O) groups excluding carboxylic acids is 1. The second-order valence-corrected chi connectivity index (χ2v) is 5.95. The highest BCUT2D eigenvalue weighted by molar-refractivity contribution is 5.97. The number of carbonyl (C=O) groups is 1. The fraction of sp³-hybridized carbons (Fsp3) is 0.500. The van der Waals surface area contributed by atoms with E-state index in [1.165, 1.54) is 12.8 Å². The summed E-state index contributed by atoms with van der Waals surface area (Å²) in [5.41, 5.74) is 1.58. The van der Waals surface area contributed by atoms with E-state index in [4.69, 9.17) is 0 Å². The lowest BCUT2D eigenvalue weighted by Gasteiger charge is -2.30. The molecule has 2 heterocycles. The molecule has 3 rings (SSSR count). The second kappa shape index (κ2) is 6.26. The van der Waals surface area contributed by atoms with Gasteiger partial charge in [-0.15, -0.1) is 0 Å². The minimum Gasteiger partial charge on any atom is -0.351 e. The molecule has 0 spiro atoms. The first-order chi connectivity index (χ1) is 10.2. The first-order valence-electron chi connectivity index (χ1n) is 7.66. The summed E-state index contributed by atoms with van der Waals surface area (Å²) in [6, 6.07) is 5.61. The monoisotopic (exact) mass is 286 g/mol. The van der Waals surface area contributed by atoms with Gasteiger partial charge in [0.25, 0.3) is 5.91 Å². The predicted molar refractivity (Wildman–Crippen MR) is 83.3 cm³/mol. The van der Waals surface area contributed by atoms with Gasteiger partial charge in [0, 0.05) is 24.0 Å². The highest BCUT2D eigenvalue weighted by Gasteiger charge is 2.15. The smallest absolute Gasteiger partial charge is 0.251 e. The highest BCUT2D eigenvalue weighted by Crippen LogP contribution is 2.15. The van der Waals surface area contributed by atoms with Gasteiger partial charge in [-0.1, -0.05) is 13.0 Å². The van der Waals surface area contributed by atoms with Gasteiger partial charge in [-0.25, -0.2) is 0 Å². The molecule has 0 bridgehead atoms. The van der Waals surface area contributed by atoms with Gasteiger partial charge >= 0.3 is 0 Å². The molecule has 1 saturated heterocycles. The molecule has 0 atom stereocenters. The normalized spacial score (nSPS) is 17.2. The number of nitrogens with zero attached hydrogens (tertiary/aromatic N) is 2. The Balaban J connectivity index is 1.49. The van der Waals surface area contributed by atoms with Crippen LogP contribution in [0.4, 0.5) is 0 Å². The van der Waals surface area contributed by atoms with Crippen LogP contribution in [-0.4, -0.2) is 47.2 Å². The van der Waals surface area contributed by atoms with Crippen LogP contribution in [-0.2, 0) is 0 Å². The molecule has 1 aromatic carbocycles. The zero-order valence-corrected chi connectivity index (χ0v) is 12.4. The Morgan fingerprint density at radius 1 is 1.43 bits per heavy atom. The largest absolute Gasteiger partial charge is 0.351 e. The Morgan fingerprint density at radius 2 is 2.24 bits per heavy atom. The lowest BCUT2D eigenvalue weighted by atomic mass is 9.99. The third kappa shape index (κ3) is 3.42. The highest BCUT2D eigenvalue weighted by atomic mass is 16.1. The summed E-state index contributed by atoms with van der Waals surface area (Å²) in [6.45, 7) is 6.25. The van der Waals surface area contributed by atoms with Gasteiger partial charge in [0.15, 0.2) is 0 Å². The zero-order chi connectivity index (χ0) is 14.7. The van der Waals surface area contributed by atoms with Crippen molar-refractivity contribution in [3.05, 3.63) is 30.0 Å². The third-order valence-corrected chi connectivity index (χ3v) is 4.29. The molecule has 1 fully saturated rings. The van der Waals surface area contributed by atoms with E-state index in [9.17, 15) is 4.79 Å². The molecule has 2 N–H and O–H groups in total. The molecule has 0 aliphatic carbocycles. The van der Waals surface area contributed by atoms with Crippen LogP contribution in [0.3, 0.4) is 0 Å². The van der Waals surface area contributed by atoms with Gasteiger partial charge in [0.05, 0.1) is 11.7 Å². The Kier molecular flexibility index (Phi) is 4.20. The maximum atomic E-state index is 12.1. The van der Waals surface area contributed by atoms with E-state index in [0.717, 1.165) is 36.5 Å². The number of benzene rings is 1. The fourth-order valence-corrected chi connectivity index (χ4v) is 2.79. The van der Waals surface area contributed by atoms with E-state index in [1.54, 1.807) is 6.20 Å². The number of aromatic amines is 1. The van der Waals surface area contributed by atoms with Crippen LogP contribution in [0.1, 0.15) is 30.1 Å². The molecule has 1 aliphatic heterocycles. The van der Waals surface area contributed by atoms with E-state index in [2.05, 4.69) is 27.3 Å². The van der Waals surface area contributed by atoms with Crippen LogP contribution in [0.5, 0.6) is 0 Å². The van der Waals surface area contributed by atoms with E-state index in [-0.39, 0.29) is 5.91 Å². The number of amides is 1. The number of hydrogen-bond acceptors (Lipinski definition) is 3. The summed E-state index contributed by atoms with van der Waals surface area (Å²) in [5.74, 6) is 0.828. The van der Waals surface area contributed by atoms with Crippen molar-refractivity contribution in [2.45, 2.75) is 19.8 Å². The molecule has 2 aromatic rings. The number of aromatic nitrogens is 2. The van der Waals surface area contributed by atoms with E-state index >= 15 is 0 Å². The average molecular weight is 286 g/mol. The molecule has 1 amide bonds. The number of hydrogen-bond donors (Lipinski definition) is 2. The lowest BCUT2D eigenvalue weighted by Crippen LogP contribution is -2.39. The van der Waals surface area contributed by atoms with Crippen molar-refractivity contribution in [3.8, 4) is 0 Å². The summed E-state index contributed by atoms with van der Waals surface area (Å²) >= 11 is 0. The number of piperidine rings is 1. The maximum absolute atomic E-state index is 12.1. The predicted octanol–water partition coefficient (Wildman–Crippen LogP) is 2.02. The van der Waals surface area contributed by atoms with Crippen LogP contribution in [0, 0.1) is 5.92 Å². The van der Waals surface area contributed by atoms with Gasteiger partial charge in [-0.05, 0) is 44.0 Å². The van der Waals surface area contributed by atoms with Crippen molar-refractivity contribution >= 4 is 16.8 Å². The molecule has 1 aliphatic rings. The molecular formula is C16H22N4O. The van der Waals surface area contributed by atoms with E-state index < -0.39 is 0 Å². The van der Waals surface area contributed by atoms with Crippen LogP contribution < -0.4 is 5.32 Å².